The highest BCUT2D eigenvalue weighted by Crippen LogP contribution is 2.20. The maximum absolute atomic E-state index is 12.4. The van der Waals surface area contributed by atoms with E-state index in [2.05, 4.69) is 11.1 Å². The number of fused-ring (bicyclic) bond motifs is 1. The van der Waals surface area contributed by atoms with Crippen molar-refractivity contribution in [1.29, 1.82) is 5.26 Å². The second-order valence-electron chi connectivity index (χ2n) is 5.31. The van der Waals surface area contributed by atoms with E-state index in [0.29, 0.717) is 17.0 Å². The van der Waals surface area contributed by atoms with Gasteiger partial charge in [0.1, 0.15) is 6.54 Å². The fourth-order valence-electron chi connectivity index (χ4n) is 2.76. The SMILES string of the molecule is N#Cc1ccc2nc(N)n(CC(=O)N3CCCCC3)c2c1. The molecule has 2 heterocycles. The van der Waals surface area contributed by atoms with Crippen molar-refractivity contribution in [3.05, 3.63) is 23.8 Å². The van der Waals surface area contributed by atoms with Gasteiger partial charge in [-0.25, -0.2) is 4.98 Å². The lowest BCUT2D eigenvalue weighted by Gasteiger charge is -2.27. The summed E-state index contributed by atoms with van der Waals surface area (Å²) in [7, 11) is 0. The molecule has 6 heteroatoms. The van der Waals surface area contributed by atoms with Crippen molar-refractivity contribution in [2.75, 3.05) is 18.8 Å². The summed E-state index contributed by atoms with van der Waals surface area (Å²) >= 11 is 0. The fraction of sp³-hybridized carbons (Fsp3) is 0.400. The molecular formula is C15H17N5O. The Hall–Kier alpha value is -2.55. The predicted molar refractivity (Wildman–Crippen MR) is 79.3 cm³/mol. The molecule has 0 saturated carbocycles. The Kier molecular flexibility index (Phi) is 3.48. The number of hydrogen-bond donors (Lipinski definition) is 1. The first kappa shape index (κ1) is 13.4. The molecule has 0 unspecified atom stereocenters. The molecule has 1 aromatic carbocycles. The zero-order chi connectivity index (χ0) is 14.8. The van der Waals surface area contributed by atoms with Crippen LogP contribution in [0, 0.1) is 11.3 Å². The largest absolute Gasteiger partial charge is 0.369 e. The Bertz CT molecular complexity index is 721. The van der Waals surface area contributed by atoms with E-state index in [-0.39, 0.29) is 12.5 Å². The van der Waals surface area contributed by atoms with E-state index in [9.17, 15) is 4.79 Å². The number of nitrogen functional groups attached to an aromatic ring is 1. The van der Waals surface area contributed by atoms with E-state index in [1.54, 1.807) is 22.8 Å². The highest BCUT2D eigenvalue weighted by Gasteiger charge is 2.19. The summed E-state index contributed by atoms with van der Waals surface area (Å²) in [6.45, 7) is 1.81. The average Bonchev–Trinajstić information content (AvgIpc) is 2.83. The number of carbonyl (C=O) groups excluding carboxylic acids is 1. The van der Waals surface area contributed by atoms with Gasteiger partial charge in [-0.15, -0.1) is 0 Å². The third-order valence-electron chi connectivity index (χ3n) is 3.91. The number of nitrogens with zero attached hydrogens (tertiary/aromatic N) is 4. The second kappa shape index (κ2) is 5.44. The lowest BCUT2D eigenvalue weighted by atomic mass is 10.1. The minimum Gasteiger partial charge on any atom is -0.369 e. The summed E-state index contributed by atoms with van der Waals surface area (Å²) in [4.78, 5) is 18.5. The van der Waals surface area contributed by atoms with Crippen LogP contribution < -0.4 is 5.73 Å². The Morgan fingerprint density at radius 2 is 2.10 bits per heavy atom. The number of aromatic nitrogens is 2. The average molecular weight is 283 g/mol. The quantitative estimate of drug-likeness (QED) is 0.904. The van der Waals surface area contributed by atoms with Gasteiger partial charge in [0.15, 0.2) is 0 Å². The van der Waals surface area contributed by atoms with Gasteiger partial charge in [0.2, 0.25) is 11.9 Å². The van der Waals surface area contributed by atoms with Crippen LogP contribution in [-0.4, -0.2) is 33.4 Å². The standard InChI is InChI=1S/C15H17N5O/c16-9-11-4-5-12-13(8-11)20(15(17)18-12)10-14(21)19-6-2-1-3-7-19/h4-5,8H,1-3,6-7,10H2,(H2,17,18). The maximum Gasteiger partial charge on any atom is 0.242 e. The van der Waals surface area contributed by atoms with Gasteiger partial charge in [0.25, 0.3) is 0 Å². The van der Waals surface area contributed by atoms with Crippen LogP contribution in [0.2, 0.25) is 0 Å². The number of rotatable bonds is 2. The van der Waals surface area contributed by atoms with E-state index in [4.69, 9.17) is 11.0 Å². The molecule has 1 fully saturated rings. The van der Waals surface area contributed by atoms with Crippen molar-refractivity contribution in [2.24, 2.45) is 0 Å². The molecule has 0 atom stereocenters. The minimum atomic E-state index is 0.0584. The number of nitriles is 1. The van der Waals surface area contributed by atoms with E-state index in [1.807, 2.05) is 4.90 Å². The molecule has 2 N–H and O–H groups in total. The van der Waals surface area contributed by atoms with E-state index in [1.165, 1.54) is 6.42 Å². The van der Waals surface area contributed by atoms with Crippen LogP contribution in [0.5, 0.6) is 0 Å². The minimum absolute atomic E-state index is 0.0584. The molecule has 0 aliphatic carbocycles. The Morgan fingerprint density at radius 1 is 1.33 bits per heavy atom. The van der Waals surface area contributed by atoms with Crippen molar-refractivity contribution in [3.8, 4) is 6.07 Å². The molecule has 0 spiro atoms. The van der Waals surface area contributed by atoms with Gasteiger partial charge in [-0.3, -0.25) is 4.79 Å². The van der Waals surface area contributed by atoms with Crippen LogP contribution in [0.15, 0.2) is 18.2 Å². The summed E-state index contributed by atoms with van der Waals surface area (Å²) in [6, 6.07) is 7.28. The first-order chi connectivity index (χ1) is 10.2. The summed E-state index contributed by atoms with van der Waals surface area (Å²) in [5.41, 5.74) is 7.90. The van der Waals surface area contributed by atoms with Gasteiger partial charge in [0, 0.05) is 13.1 Å². The third kappa shape index (κ3) is 2.55. The molecule has 1 aliphatic heterocycles. The zero-order valence-electron chi connectivity index (χ0n) is 11.7. The van der Waals surface area contributed by atoms with Crippen LogP contribution in [0.3, 0.4) is 0 Å². The molecule has 6 nitrogen and oxygen atoms in total. The fourth-order valence-corrected chi connectivity index (χ4v) is 2.76. The normalized spacial score (nSPS) is 15.1. The summed E-state index contributed by atoms with van der Waals surface area (Å²) in [6.07, 6.45) is 3.31. The molecular weight excluding hydrogens is 266 g/mol. The molecule has 0 bridgehead atoms. The summed E-state index contributed by atoms with van der Waals surface area (Å²) in [5.74, 6) is 0.369. The van der Waals surface area contributed by atoms with Crippen molar-refractivity contribution in [3.63, 3.8) is 0 Å². The van der Waals surface area contributed by atoms with Crippen molar-refractivity contribution >= 4 is 22.9 Å². The predicted octanol–water partition coefficient (Wildman–Crippen LogP) is 1.50. The van der Waals surface area contributed by atoms with Crippen molar-refractivity contribution in [1.82, 2.24) is 14.5 Å². The number of benzene rings is 1. The molecule has 0 radical (unpaired) electrons. The Morgan fingerprint density at radius 3 is 2.81 bits per heavy atom. The number of hydrogen-bond acceptors (Lipinski definition) is 4. The number of nitrogens with two attached hydrogens (primary N) is 1. The van der Waals surface area contributed by atoms with Crippen LogP contribution >= 0.6 is 0 Å². The van der Waals surface area contributed by atoms with Gasteiger partial charge in [0.05, 0.1) is 22.7 Å². The first-order valence-electron chi connectivity index (χ1n) is 7.12. The van der Waals surface area contributed by atoms with Crippen LogP contribution in [0.1, 0.15) is 24.8 Å². The zero-order valence-corrected chi connectivity index (χ0v) is 11.7. The van der Waals surface area contributed by atoms with Gasteiger partial charge in [-0.05, 0) is 37.5 Å². The summed E-state index contributed by atoms with van der Waals surface area (Å²) < 4.78 is 1.69. The number of anilines is 1. The highest BCUT2D eigenvalue weighted by atomic mass is 16.2. The van der Waals surface area contributed by atoms with Crippen molar-refractivity contribution in [2.45, 2.75) is 25.8 Å². The lowest BCUT2D eigenvalue weighted by Crippen LogP contribution is -2.37. The smallest absolute Gasteiger partial charge is 0.242 e. The van der Waals surface area contributed by atoms with E-state index < -0.39 is 0 Å². The first-order valence-corrected chi connectivity index (χ1v) is 7.12. The number of imidazole rings is 1. The van der Waals surface area contributed by atoms with Crippen molar-refractivity contribution < 1.29 is 4.79 Å². The maximum atomic E-state index is 12.4. The number of amides is 1. The second-order valence-corrected chi connectivity index (χ2v) is 5.31. The molecule has 1 saturated heterocycles. The van der Waals surface area contributed by atoms with E-state index in [0.717, 1.165) is 31.4 Å². The third-order valence-corrected chi connectivity index (χ3v) is 3.91. The van der Waals surface area contributed by atoms with Crippen LogP contribution in [-0.2, 0) is 11.3 Å². The molecule has 3 rings (SSSR count). The topological polar surface area (TPSA) is 87.9 Å². The monoisotopic (exact) mass is 283 g/mol. The molecule has 2 aromatic rings. The number of carbonyl (C=O) groups is 1. The van der Waals surface area contributed by atoms with E-state index >= 15 is 0 Å². The molecule has 108 valence electrons. The molecule has 21 heavy (non-hydrogen) atoms. The Labute approximate surface area is 122 Å². The Balaban J connectivity index is 1.90. The molecule has 1 amide bonds. The summed E-state index contributed by atoms with van der Waals surface area (Å²) in [5, 5.41) is 8.99. The molecule has 1 aromatic heterocycles. The van der Waals surface area contributed by atoms with Gasteiger partial charge in [-0.1, -0.05) is 0 Å². The molecule has 1 aliphatic rings. The van der Waals surface area contributed by atoms with Crippen LogP contribution in [0.25, 0.3) is 11.0 Å². The highest BCUT2D eigenvalue weighted by molar-refractivity contribution is 5.83. The van der Waals surface area contributed by atoms with Crippen LogP contribution in [0.4, 0.5) is 5.95 Å². The van der Waals surface area contributed by atoms with Gasteiger partial charge in [-0.2, -0.15) is 5.26 Å². The lowest BCUT2D eigenvalue weighted by molar-refractivity contribution is -0.132. The van der Waals surface area contributed by atoms with Gasteiger partial charge < -0.3 is 15.2 Å². The van der Waals surface area contributed by atoms with Gasteiger partial charge >= 0.3 is 0 Å². The number of likely N-dealkylation sites (tertiary alicyclic amines) is 1. The number of piperidine rings is 1.